The predicted molar refractivity (Wildman–Crippen MR) is 116 cm³/mol. The van der Waals surface area contributed by atoms with Crippen LogP contribution < -0.4 is 10.2 Å². The standard InChI is InChI=1S/C21H31N5O2S/c1-15-8-9-18(11-16(15)2)29(27,28)26(5)14-20-23-19(12-21(24-20)25(3)4)17-7-6-10-22-13-17/h8-9,11-12,17,22H,6-7,10,13-14H2,1-5H3/t17-/m0/s1. The van der Waals surface area contributed by atoms with E-state index in [4.69, 9.17) is 4.98 Å². The quantitative estimate of drug-likeness (QED) is 0.778. The van der Waals surface area contributed by atoms with Gasteiger partial charge < -0.3 is 10.2 Å². The molecule has 0 spiro atoms. The molecule has 1 aliphatic heterocycles. The number of hydrogen-bond donors (Lipinski definition) is 1. The number of nitrogens with one attached hydrogen (secondary N) is 1. The summed E-state index contributed by atoms with van der Waals surface area (Å²) in [5, 5.41) is 3.42. The van der Waals surface area contributed by atoms with Gasteiger partial charge in [0.2, 0.25) is 10.0 Å². The third-order valence-electron chi connectivity index (χ3n) is 5.50. The first kappa shape index (κ1) is 21.7. The first-order valence-electron chi connectivity index (χ1n) is 9.98. The predicted octanol–water partition coefficient (Wildman–Crippen LogP) is 2.45. The third-order valence-corrected chi connectivity index (χ3v) is 7.30. The Morgan fingerprint density at radius 1 is 1.10 bits per heavy atom. The van der Waals surface area contributed by atoms with Gasteiger partial charge in [0.15, 0.2) is 0 Å². The van der Waals surface area contributed by atoms with Gasteiger partial charge in [0, 0.05) is 39.7 Å². The van der Waals surface area contributed by atoms with Crippen LogP contribution in [0.15, 0.2) is 29.2 Å². The van der Waals surface area contributed by atoms with Crippen LogP contribution in [0.4, 0.5) is 5.82 Å². The molecule has 1 aromatic carbocycles. The topological polar surface area (TPSA) is 78.4 Å². The van der Waals surface area contributed by atoms with Crippen LogP contribution in [0.3, 0.4) is 0 Å². The van der Waals surface area contributed by atoms with Crippen molar-refractivity contribution in [2.75, 3.05) is 39.1 Å². The summed E-state index contributed by atoms with van der Waals surface area (Å²) in [5.74, 6) is 1.64. The molecule has 1 saturated heterocycles. The van der Waals surface area contributed by atoms with Crippen molar-refractivity contribution < 1.29 is 8.42 Å². The summed E-state index contributed by atoms with van der Waals surface area (Å²) in [7, 11) is 1.83. The van der Waals surface area contributed by atoms with Gasteiger partial charge in [-0.05, 0) is 56.5 Å². The molecule has 2 heterocycles. The maximum absolute atomic E-state index is 13.1. The summed E-state index contributed by atoms with van der Waals surface area (Å²) >= 11 is 0. The van der Waals surface area contributed by atoms with Crippen molar-refractivity contribution in [2.45, 2.75) is 44.0 Å². The van der Waals surface area contributed by atoms with Crippen LogP contribution in [-0.4, -0.2) is 56.9 Å². The summed E-state index contributed by atoms with van der Waals surface area (Å²) in [4.78, 5) is 11.6. The number of anilines is 1. The van der Waals surface area contributed by atoms with E-state index in [9.17, 15) is 8.42 Å². The molecule has 2 aromatic rings. The maximum Gasteiger partial charge on any atom is 0.243 e. The van der Waals surface area contributed by atoms with Crippen LogP contribution in [0.2, 0.25) is 0 Å². The lowest BCUT2D eigenvalue weighted by Gasteiger charge is -2.24. The van der Waals surface area contributed by atoms with Crippen molar-refractivity contribution in [3.63, 3.8) is 0 Å². The highest BCUT2D eigenvalue weighted by molar-refractivity contribution is 7.89. The lowest BCUT2D eigenvalue weighted by atomic mass is 9.96. The Labute approximate surface area is 174 Å². The fourth-order valence-electron chi connectivity index (χ4n) is 3.45. The molecular formula is C21H31N5O2S. The minimum absolute atomic E-state index is 0.129. The van der Waals surface area contributed by atoms with E-state index < -0.39 is 10.0 Å². The number of sulfonamides is 1. The molecule has 1 aliphatic rings. The van der Waals surface area contributed by atoms with Gasteiger partial charge >= 0.3 is 0 Å². The summed E-state index contributed by atoms with van der Waals surface area (Å²) in [5.41, 5.74) is 3.00. The van der Waals surface area contributed by atoms with Crippen molar-refractivity contribution in [1.29, 1.82) is 0 Å². The van der Waals surface area contributed by atoms with E-state index in [0.29, 0.717) is 16.6 Å². The highest BCUT2D eigenvalue weighted by atomic mass is 32.2. The Balaban J connectivity index is 1.89. The van der Waals surface area contributed by atoms with Crippen LogP contribution >= 0.6 is 0 Å². The van der Waals surface area contributed by atoms with Gasteiger partial charge in [-0.1, -0.05) is 6.07 Å². The van der Waals surface area contributed by atoms with E-state index >= 15 is 0 Å². The van der Waals surface area contributed by atoms with E-state index in [-0.39, 0.29) is 6.54 Å². The summed E-state index contributed by atoms with van der Waals surface area (Å²) in [6.45, 7) is 5.94. The van der Waals surface area contributed by atoms with E-state index in [1.807, 2.05) is 45.0 Å². The minimum Gasteiger partial charge on any atom is -0.363 e. The van der Waals surface area contributed by atoms with Crippen molar-refractivity contribution in [3.05, 3.63) is 46.9 Å². The molecule has 29 heavy (non-hydrogen) atoms. The molecule has 7 nitrogen and oxygen atoms in total. The molecule has 1 N–H and O–H groups in total. The average molecular weight is 418 g/mol. The van der Waals surface area contributed by atoms with Gasteiger partial charge in [-0.3, -0.25) is 0 Å². The van der Waals surface area contributed by atoms with Gasteiger partial charge in [-0.15, -0.1) is 0 Å². The maximum atomic E-state index is 13.1. The molecule has 1 atom stereocenters. The largest absolute Gasteiger partial charge is 0.363 e. The molecule has 0 unspecified atom stereocenters. The van der Waals surface area contributed by atoms with Crippen molar-refractivity contribution >= 4 is 15.8 Å². The van der Waals surface area contributed by atoms with Gasteiger partial charge in [-0.2, -0.15) is 4.31 Å². The normalized spacial score (nSPS) is 17.5. The number of nitrogens with zero attached hydrogens (tertiary/aromatic N) is 4. The number of aryl methyl sites for hydroxylation is 2. The zero-order chi connectivity index (χ0) is 21.2. The van der Waals surface area contributed by atoms with Crippen molar-refractivity contribution in [3.8, 4) is 0 Å². The fourth-order valence-corrected chi connectivity index (χ4v) is 4.67. The second-order valence-electron chi connectivity index (χ2n) is 8.01. The Hall–Kier alpha value is -2.03. The number of piperidine rings is 1. The molecule has 158 valence electrons. The van der Waals surface area contributed by atoms with Crippen LogP contribution in [0.5, 0.6) is 0 Å². The summed E-state index contributed by atoms with van der Waals surface area (Å²) < 4.78 is 27.4. The minimum atomic E-state index is -3.62. The van der Waals surface area contributed by atoms with Crippen LogP contribution in [0.1, 0.15) is 41.4 Å². The Morgan fingerprint density at radius 3 is 2.48 bits per heavy atom. The molecule has 1 aromatic heterocycles. The highest BCUT2D eigenvalue weighted by Crippen LogP contribution is 2.25. The van der Waals surface area contributed by atoms with E-state index in [1.165, 1.54) is 4.31 Å². The van der Waals surface area contributed by atoms with Gasteiger partial charge in [0.05, 0.1) is 17.1 Å². The second kappa shape index (κ2) is 8.77. The first-order valence-corrected chi connectivity index (χ1v) is 11.4. The van der Waals surface area contributed by atoms with E-state index in [0.717, 1.165) is 48.6 Å². The van der Waals surface area contributed by atoms with E-state index in [2.05, 4.69) is 10.3 Å². The molecule has 8 heteroatoms. The lowest BCUT2D eigenvalue weighted by molar-refractivity contribution is 0.441. The Kier molecular flexibility index (Phi) is 6.55. The molecule has 0 amide bonds. The Morgan fingerprint density at radius 2 is 1.86 bits per heavy atom. The first-order chi connectivity index (χ1) is 13.7. The van der Waals surface area contributed by atoms with Crippen molar-refractivity contribution in [2.24, 2.45) is 0 Å². The SMILES string of the molecule is Cc1ccc(S(=O)(=O)N(C)Cc2nc([C@H]3CCCNC3)cc(N(C)C)n2)cc1C. The monoisotopic (exact) mass is 417 g/mol. The van der Waals surface area contributed by atoms with Gasteiger partial charge in [0.1, 0.15) is 11.6 Å². The number of benzene rings is 1. The Bertz CT molecular complexity index is 969. The summed E-state index contributed by atoms with van der Waals surface area (Å²) in [6, 6.07) is 7.23. The highest BCUT2D eigenvalue weighted by Gasteiger charge is 2.24. The lowest BCUT2D eigenvalue weighted by Crippen LogP contribution is -2.30. The van der Waals surface area contributed by atoms with E-state index in [1.54, 1.807) is 19.2 Å². The summed E-state index contributed by atoms with van der Waals surface area (Å²) in [6.07, 6.45) is 2.19. The van der Waals surface area contributed by atoms with Crippen LogP contribution in [0, 0.1) is 13.8 Å². The molecule has 0 bridgehead atoms. The van der Waals surface area contributed by atoms with Gasteiger partial charge in [0.25, 0.3) is 0 Å². The fraction of sp³-hybridized carbons (Fsp3) is 0.524. The second-order valence-corrected chi connectivity index (χ2v) is 10.1. The number of rotatable bonds is 6. The van der Waals surface area contributed by atoms with Crippen molar-refractivity contribution in [1.82, 2.24) is 19.6 Å². The molecule has 0 aliphatic carbocycles. The molecule has 0 saturated carbocycles. The molecule has 1 fully saturated rings. The number of aromatic nitrogens is 2. The smallest absolute Gasteiger partial charge is 0.243 e. The molecular weight excluding hydrogens is 386 g/mol. The zero-order valence-electron chi connectivity index (χ0n) is 17.9. The van der Waals surface area contributed by atoms with Crippen LogP contribution in [-0.2, 0) is 16.6 Å². The van der Waals surface area contributed by atoms with Gasteiger partial charge in [-0.25, -0.2) is 18.4 Å². The molecule has 3 rings (SSSR count). The van der Waals surface area contributed by atoms with Crippen LogP contribution in [0.25, 0.3) is 0 Å². The third kappa shape index (κ3) is 4.94. The molecule has 0 radical (unpaired) electrons. The number of hydrogen-bond acceptors (Lipinski definition) is 6. The average Bonchev–Trinajstić information content (AvgIpc) is 2.70. The zero-order valence-corrected chi connectivity index (χ0v) is 18.8.